The molecular formula is C14H24ClN3O3. The minimum atomic E-state index is -0.250. The Morgan fingerprint density at radius 1 is 1.38 bits per heavy atom. The lowest BCUT2D eigenvalue weighted by Gasteiger charge is -2.18. The van der Waals surface area contributed by atoms with E-state index in [-0.39, 0.29) is 18.0 Å². The van der Waals surface area contributed by atoms with Crippen LogP contribution in [0.3, 0.4) is 0 Å². The molecule has 120 valence electrons. The first kappa shape index (κ1) is 19.7. The summed E-state index contributed by atoms with van der Waals surface area (Å²) < 4.78 is 0. The molecule has 0 fully saturated rings. The van der Waals surface area contributed by atoms with Gasteiger partial charge in [0.15, 0.2) is 0 Å². The predicted octanol–water partition coefficient (Wildman–Crippen LogP) is 0.661. The SMILES string of the molecule is CCN(CC)CCNC(=O)c1cc(Cl)c(N)cc1CO.O. The van der Waals surface area contributed by atoms with Gasteiger partial charge in [0, 0.05) is 18.7 Å². The third-order valence-electron chi connectivity index (χ3n) is 3.25. The number of rotatable bonds is 7. The molecule has 0 saturated heterocycles. The van der Waals surface area contributed by atoms with Crippen molar-refractivity contribution >= 4 is 23.2 Å². The van der Waals surface area contributed by atoms with E-state index in [1.54, 1.807) is 0 Å². The van der Waals surface area contributed by atoms with Crippen molar-refractivity contribution in [3.05, 3.63) is 28.3 Å². The van der Waals surface area contributed by atoms with Crippen molar-refractivity contribution in [2.75, 3.05) is 31.9 Å². The number of nitrogens with zero attached hydrogens (tertiary/aromatic N) is 1. The second kappa shape index (κ2) is 9.57. The molecule has 6 N–H and O–H groups in total. The van der Waals surface area contributed by atoms with Gasteiger partial charge in [-0.05, 0) is 30.8 Å². The highest BCUT2D eigenvalue weighted by Gasteiger charge is 2.13. The van der Waals surface area contributed by atoms with E-state index in [1.807, 2.05) is 0 Å². The second-order valence-corrected chi connectivity index (χ2v) is 4.88. The molecule has 1 aromatic carbocycles. The van der Waals surface area contributed by atoms with Crippen molar-refractivity contribution in [3.63, 3.8) is 0 Å². The normalized spacial score (nSPS) is 10.3. The molecule has 0 aliphatic carbocycles. The Hall–Kier alpha value is -1.34. The van der Waals surface area contributed by atoms with Crippen LogP contribution in [0.25, 0.3) is 0 Å². The van der Waals surface area contributed by atoms with Crippen LogP contribution in [0.2, 0.25) is 5.02 Å². The number of benzene rings is 1. The fourth-order valence-electron chi connectivity index (χ4n) is 1.94. The van der Waals surface area contributed by atoms with E-state index in [9.17, 15) is 9.90 Å². The summed E-state index contributed by atoms with van der Waals surface area (Å²) >= 11 is 5.92. The van der Waals surface area contributed by atoms with E-state index in [1.165, 1.54) is 12.1 Å². The van der Waals surface area contributed by atoms with Crippen LogP contribution in [-0.2, 0) is 6.61 Å². The maximum absolute atomic E-state index is 12.1. The zero-order valence-corrected chi connectivity index (χ0v) is 13.2. The molecule has 0 aliphatic rings. The highest BCUT2D eigenvalue weighted by molar-refractivity contribution is 6.33. The Morgan fingerprint density at radius 3 is 2.52 bits per heavy atom. The van der Waals surface area contributed by atoms with E-state index >= 15 is 0 Å². The van der Waals surface area contributed by atoms with Gasteiger partial charge in [-0.3, -0.25) is 4.79 Å². The van der Waals surface area contributed by atoms with Crippen LogP contribution < -0.4 is 11.1 Å². The van der Waals surface area contributed by atoms with E-state index < -0.39 is 0 Å². The monoisotopic (exact) mass is 317 g/mol. The van der Waals surface area contributed by atoms with E-state index in [2.05, 4.69) is 24.1 Å². The molecule has 1 amide bonds. The van der Waals surface area contributed by atoms with Crippen LogP contribution in [0, 0.1) is 0 Å². The number of likely N-dealkylation sites (N-methyl/N-ethyl adjacent to an activating group) is 1. The number of carbonyl (C=O) groups excluding carboxylic acids is 1. The van der Waals surface area contributed by atoms with Crippen molar-refractivity contribution in [2.45, 2.75) is 20.5 Å². The molecule has 0 aliphatic heterocycles. The third kappa shape index (κ3) is 5.51. The molecule has 6 nitrogen and oxygen atoms in total. The van der Waals surface area contributed by atoms with Gasteiger partial charge in [-0.1, -0.05) is 25.4 Å². The fraction of sp³-hybridized carbons (Fsp3) is 0.500. The van der Waals surface area contributed by atoms with Crippen LogP contribution in [0.1, 0.15) is 29.8 Å². The summed E-state index contributed by atoms with van der Waals surface area (Å²) in [4.78, 5) is 14.3. The Labute approximate surface area is 130 Å². The maximum Gasteiger partial charge on any atom is 0.251 e. The zero-order valence-electron chi connectivity index (χ0n) is 12.4. The van der Waals surface area contributed by atoms with Crippen LogP contribution in [-0.4, -0.2) is 47.6 Å². The Morgan fingerprint density at radius 2 is 2.00 bits per heavy atom. The lowest BCUT2D eigenvalue weighted by atomic mass is 10.1. The third-order valence-corrected chi connectivity index (χ3v) is 3.57. The standard InChI is InChI=1S/C14H22ClN3O2.H2O/c1-3-18(4-2)6-5-17-14(20)11-8-12(15)13(16)7-10(11)9-19;/h7-8,19H,3-6,9,16H2,1-2H3,(H,17,20);1H2. The first-order chi connectivity index (χ1) is 9.53. The number of hydrogen-bond acceptors (Lipinski definition) is 4. The molecule has 0 spiro atoms. The predicted molar refractivity (Wildman–Crippen MR) is 85.5 cm³/mol. The summed E-state index contributed by atoms with van der Waals surface area (Å²) in [5.41, 5.74) is 6.86. The van der Waals surface area contributed by atoms with Gasteiger partial charge in [-0.15, -0.1) is 0 Å². The minimum Gasteiger partial charge on any atom is -0.412 e. The molecule has 0 aromatic heterocycles. The van der Waals surface area contributed by atoms with Crippen molar-refractivity contribution in [1.82, 2.24) is 10.2 Å². The lowest BCUT2D eigenvalue weighted by molar-refractivity contribution is 0.0946. The molecule has 0 atom stereocenters. The Bertz CT molecular complexity index is 465. The number of nitrogen functional groups attached to an aromatic ring is 1. The van der Waals surface area contributed by atoms with Gasteiger partial charge in [0.1, 0.15) is 0 Å². The van der Waals surface area contributed by atoms with Crippen LogP contribution in [0.4, 0.5) is 5.69 Å². The highest BCUT2D eigenvalue weighted by atomic mass is 35.5. The van der Waals surface area contributed by atoms with Gasteiger partial charge < -0.3 is 26.5 Å². The topological polar surface area (TPSA) is 110 Å². The molecule has 0 saturated carbocycles. The second-order valence-electron chi connectivity index (χ2n) is 4.47. The fourth-order valence-corrected chi connectivity index (χ4v) is 2.11. The summed E-state index contributed by atoms with van der Waals surface area (Å²) in [6.45, 7) is 7.14. The van der Waals surface area contributed by atoms with Crippen molar-refractivity contribution in [1.29, 1.82) is 0 Å². The first-order valence-corrected chi connectivity index (χ1v) is 7.10. The van der Waals surface area contributed by atoms with Gasteiger partial charge in [0.05, 0.1) is 17.3 Å². The van der Waals surface area contributed by atoms with E-state index in [0.717, 1.165) is 19.6 Å². The van der Waals surface area contributed by atoms with Gasteiger partial charge >= 0.3 is 0 Å². The number of halogens is 1. The molecular weight excluding hydrogens is 294 g/mol. The molecule has 0 bridgehead atoms. The molecule has 0 heterocycles. The lowest BCUT2D eigenvalue weighted by Crippen LogP contribution is -2.35. The minimum absolute atomic E-state index is 0. The van der Waals surface area contributed by atoms with Crippen LogP contribution in [0.5, 0.6) is 0 Å². The van der Waals surface area contributed by atoms with Gasteiger partial charge in [0.2, 0.25) is 0 Å². The molecule has 0 radical (unpaired) electrons. The number of amides is 1. The maximum atomic E-state index is 12.1. The Kier molecular flexibility index (Phi) is 8.96. The number of anilines is 1. The van der Waals surface area contributed by atoms with Gasteiger partial charge in [0.25, 0.3) is 5.91 Å². The number of nitrogens with one attached hydrogen (secondary N) is 1. The van der Waals surface area contributed by atoms with Crippen molar-refractivity contribution in [3.8, 4) is 0 Å². The molecule has 7 heteroatoms. The van der Waals surface area contributed by atoms with E-state index in [0.29, 0.717) is 28.4 Å². The molecule has 1 rings (SSSR count). The zero-order chi connectivity index (χ0) is 15.1. The quantitative estimate of drug-likeness (QED) is 0.642. The highest BCUT2D eigenvalue weighted by Crippen LogP contribution is 2.23. The summed E-state index contributed by atoms with van der Waals surface area (Å²) in [5, 5.41) is 12.4. The van der Waals surface area contributed by atoms with Crippen molar-refractivity contribution in [2.24, 2.45) is 0 Å². The number of carbonyl (C=O) groups is 1. The number of aliphatic hydroxyl groups is 1. The Balaban J connectivity index is 0.00000400. The molecule has 21 heavy (non-hydrogen) atoms. The van der Waals surface area contributed by atoms with Crippen LogP contribution >= 0.6 is 11.6 Å². The van der Waals surface area contributed by atoms with E-state index in [4.69, 9.17) is 17.3 Å². The summed E-state index contributed by atoms with van der Waals surface area (Å²) in [5.74, 6) is -0.247. The average Bonchev–Trinajstić information content (AvgIpc) is 2.45. The summed E-state index contributed by atoms with van der Waals surface area (Å²) in [6, 6.07) is 3.02. The van der Waals surface area contributed by atoms with Crippen molar-refractivity contribution < 1.29 is 15.4 Å². The number of nitrogens with two attached hydrogens (primary N) is 1. The number of aliphatic hydroxyl groups excluding tert-OH is 1. The van der Waals surface area contributed by atoms with Crippen LogP contribution in [0.15, 0.2) is 12.1 Å². The van der Waals surface area contributed by atoms with Gasteiger partial charge in [-0.25, -0.2) is 0 Å². The molecule has 1 aromatic rings. The largest absolute Gasteiger partial charge is 0.412 e. The summed E-state index contributed by atoms with van der Waals surface area (Å²) in [7, 11) is 0. The smallest absolute Gasteiger partial charge is 0.251 e. The first-order valence-electron chi connectivity index (χ1n) is 6.72. The molecule has 0 unspecified atom stereocenters. The summed E-state index contributed by atoms with van der Waals surface area (Å²) in [6.07, 6.45) is 0. The van der Waals surface area contributed by atoms with Gasteiger partial charge in [-0.2, -0.15) is 0 Å². The number of hydrogen-bond donors (Lipinski definition) is 3. The average molecular weight is 318 g/mol.